The fourth-order valence-electron chi connectivity index (χ4n) is 7.81. The van der Waals surface area contributed by atoms with E-state index in [1.54, 1.807) is 58.0 Å². The molecule has 0 unspecified atom stereocenters. The molecule has 3 heterocycles. The molecule has 0 saturated heterocycles. The number of ketones is 1. The molecule has 15 heteroatoms. The van der Waals surface area contributed by atoms with Crippen molar-refractivity contribution >= 4 is 56.2 Å². The molecule has 0 fully saturated rings. The summed E-state index contributed by atoms with van der Waals surface area (Å²) < 4.78 is 29.6. The molecule has 1 aromatic heterocycles. The minimum atomic E-state index is -2.01. The lowest BCUT2D eigenvalue weighted by Crippen LogP contribution is -2.43. The van der Waals surface area contributed by atoms with Crippen molar-refractivity contribution in [2.24, 2.45) is 17.8 Å². The second-order valence-electron chi connectivity index (χ2n) is 16.2. The lowest BCUT2D eigenvalue weighted by molar-refractivity contribution is -0.158. The van der Waals surface area contributed by atoms with Gasteiger partial charge in [0, 0.05) is 67.7 Å². The van der Waals surface area contributed by atoms with Gasteiger partial charge in [-0.05, 0) is 45.9 Å². The highest BCUT2D eigenvalue weighted by Gasteiger charge is 2.49. The number of H-pyrrole nitrogens is 1. The van der Waals surface area contributed by atoms with Gasteiger partial charge in [-0.1, -0.05) is 39.0 Å². The van der Waals surface area contributed by atoms with Crippen LogP contribution in [0.15, 0.2) is 59.1 Å². The average molecular weight is 828 g/mol. The minimum Gasteiger partial charge on any atom is -0.505 e. The Labute approximate surface area is 347 Å². The van der Waals surface area contributed by atoms with Crippen LogP contribution in [0.1, 0.15) is 77.7 Å². The molecule has 15 nitrogen and oxygen atoms in total. The molecule has 0 aliphatic carbocycles. The quantitative estimate of drug-likeness (QED) is 0.0664. The number of ether oxygens (including phenoxy) is 5. The first kappa shape index (κ1) is 43.8. The Morgan fingerprint density at radius 3 is 2.42 bits per heavy atom. The van der Waals surface area contributed by atoms with Gasteiger partial charge >= 0.3 is 11.8 Å². The molecule has 0 saturated carbocycles. The number of fused-ring (bicyclic) bond motifs is 2. The summed E-state index contributed by atoms with van der Waals surface area (Å²) in [4.78, 5) is 63.2. The fourth-order valence-corrected chi connectivity index (χ4v) is 7.81. The van der Waals surface area contributed by atoms with Crippen LogP contribution in [0.5, 0.6) is 17.2 Å². The first-order valence-corrected chi connectivity index (χ1v) is 19.9. The summed E-state index contributed by atoms with van der Waals surface area (Å²) in [6.07, 6.45) is 3.56. The third-order valence-electron chi connectivity index (χ3n) is 11.3. The largest absolute Gasteiger partial charge is 0.505 e. The van der Waals surface area contributed by atoms with Crippen molar-refractivity contribution in [3.63, 3.8) is 0 Å². The van der Waals surface area contributed by atoms with Crippen molar-refractivity contribution < 1.29 is 53.4 Å². The van der Waals surface area contributed by atoms with Gasteiger partial charge in [0.1, 0.15) is 23.3 Å². The molecule has 1 amide bonds. The number of amides is 1. The number of rotatable bonds is 4. The highest BCUT2D eigenvalue weighted by Crippen LogP contribution is 2.48. The molecular formula is C45H53N3O12. The fraction of sp³-hybridized carbons (Fsp3) is 0.444. The van der Waals surface area contributed by atoms with Crippen molar-refractivity contribution in [1.82, 2.24) is 9.97 Å². The highest BCUT2D eigenvalue weighted by molar-refractivity contribution is 6.27. The van der Waals surface area contributed by atoms with E-state index in [1.165, 1.54) is 46.3 Å². The zero-order valence-electron chi connectivity index (χ0n) is 35.4. The molecule has 2 aliphatic rings. The lowest BCUT2D eigenvalue weighted by Gasteiger charge is -2.35. The normalized spacial score (nSPS) is 28.6. The van der Waals surface area contributed by atoms with Gasteiger partial charge in [-0.15, -0.1) is 0 Å². The number of aliphatic hydroxyl groups is 2. The maximum atomic E-state index is 14.6. The third kappa shape index (κ3) is 8.21. The molecule has 2 aliphatic heterocycles. The molecule has 8 atom stereocenters. The molecule has 0 radical (unpaired) electrons. The average Bonchev–Trinajstić information content (AvgIpc) is 3.45. The van der Waals surface area contributed by atoms with Gasteiger partial charge in [0.05, 0.1) is 63.7 Å². The third-order valence-corrected chi connectivity index (χ3v) is 11.3. The number of anilines is 1. The van der Waals surface area contributed by atoms with Crippen LogP contribution < -0.4 is 20.2 Å². The van der Waals surface area contributed by atoms with Crippen LogP contribution in [0.25, 0.3) is 32.8 Å². The zero-order chi connectivity index (χ0) is 44.0. The Balaban J connectivity index is 1.59. The van der Waals surface area contributed by atoms with Crippen molar-refractivity contribution in [3.8, 4) is 17.2 Å². The maximum absolute atomic E-state index is 14.6. The summed E-state index contributed by atoms with van der Waals surface area (Å²) in [6.45, 7) is 14.7. The zero-order valence-corrected chi connectivity index (χ0v) is 35.4. The van der Waals surface area contributed by atoms with Crippen LogP contribution in [-0.2, 0) is 23.8 Å². The van der Waals surface area contributed by atoms with E-state index in [1.807, 2.05) is 13.8 Å². The molecule has 320 valence electrons. The summed E-state index contributed by atoms with van der Waals surface area (Å²) >= 11 is 0. The van der Waals surface area contributed by atoms with E-state index in [9.17, 15) is 34.5 Å². The van der Waals surface area contributed by atoms with E-state index in [-0.39, 0.29) is 62.5 Å². The number of hydrogen-bond donors (Lipinski definition) is 5. The SMILES string of the molecule is CO[C@H]1/C=C/O[C@@]2(C)Oc3c(C)c(=O)c4c(O)c(c5[nH]c6cc(OC(C)C)ccc6nc5c4c3C2=O)NC(=O)/C(C)=C\C=C\[C@H](C)[C@H](O)C[C@@H](O)[C@@H](C)[C@H](OC(C)=O)[C@@H]1C. The summed E-state index contributed by atoms with van der Waals surface area (Å²) in [6, 6.07) is 5.15. The van der Waals surface area contributed by atoms with Crippen LogP contribution in [0, 0.1) is 24.7 Å². The van der Waals surface area contributed by atoms with E-state index >= 15 is 0 Å². The van der Waals surface area contributed by atoms with E-state index in [2.05, 4.69) is 10.3 Å². The van der Waals surface area contributed by atoms with Crippen molar-refractivity contribution in [3.05, 3.63) is 75.7 Å². The van der Waals surface area contributed by atoms with E-state index in [0.29, 0.717) is 16.8 Å². The Kier molecular flexibility index (Phi) is 12.5. The number of aliphatic hydroxyl groups excluding tert-OH is 2. The molecule has 4 aromatic rings. The Morgan fingerprint density at radius 2 is 1.75 bits per heavy atom. The minimum absolute atomic E-state index is 0.00887. The van der Waals surface area contributed by atoms with Crippen LogP contribution in [0.4, 0.5) is 5.69 Å². The van der Waals surface area contributed by atoms with Gasteiger partial charge in [0.2, 0.25) is 0 Å². The number of phenolic OH excluding ortho intramolecular Hbond substituents is 1. The Hall–Kier alpha value is -5.77. The number of Topliss-reactive ketones (excluding diaryl/α,β-unsaturated/α-hetero) is 1. The maximum Gasteiger partial charge on any atom is 0.312 e. The predicted molar refractivity (Wildman–Crippen MR) is 225 cm³/mol. The number of aromatic nitrogens is 2. The van der Waals surface area contributed by atoms with Gasteiger partial charge in [-0.2, -0.15) is 0 Å². The molecule has 0 spiro atoms. The monoisotopic (exact) mass is 827 g/mol. The second-order valence-corrected chi connectivity index (χ2v) is 16.2. The molecular weight excluding hydrogens is 775 g/mol. The Morgan fingerprint density at radius 1 is 1.03 bits per heavy atom. The van der Waals surface area contributed by atoms with Crippen molar-refractivity contribution in [1.29, 1.82) is 0 Å². The van der Waals surface area contributed by atoms with Gasteiger partial charge in [0.15, 0.2) is 11.2 Å². The smallest absolute Gasteiger partial charge is 0.312 e. The summed E-state index contributed by atoms with van der Waals surface area (Å²) in [5.74, 6) is -5.75. The number of allylic oxidation sites excluding steroid dienone is 2. The van der Waals surface area contributed by atoms with Crippen LogP contribution in [0.2, 0.25) is 0 Å². The first-order valence-electron chi connectivity index (χ1n) is 19.9. The number of aromatic amines is 1. The van der Waals surface area contributed by atoms with Crippen molar-refractivity contribution in [2.45, 2.75) is 105 Å². The first-order chi connectivity index (χ1) is 28.3. The van der Waals surface area contributed by atoms with E-state index in [0.717, 1.165) is 0 Å². The number of phenols is 1. The number of carbonyl (C=O) groups excluding carboxylic acids is 3. The topological polar surface area (TPSA) is 216 Å². The number of nitrogens with one attached hydrogen (secondary N) is 2. The van der Waals surface area contributed by atoms with E-state index in [4.69, 9.17) is 28.7 Å². The summed E-state index contributed by atoms with van der Waals surface area (Å²) in [5, 5.41) is 36.9. The van der Waals surface area contributed by atoms with Gasteiger partial charge in [0.25, 0.3) is 11.7 Å². The van der Waals surface area contributed by atoms with Crippen molar-refractivity contribution in [2.75, 3.05) is 12.4 Å². The number of benzene rings is 3. The lowest BCUT2D eigenvalue weighted by atomic mass is 9.83. The number of nitrogens with zero attached hydrogens (tertiary/aromatic N) is 1. The standard InChI is InChI=1S/C45H53N3O12/c1-20(2)58-27-14-15-28-29(18-27)47-37-36(46-28)33-34-39(52)25(7)42-35(33)43(54)45(9,60-42)57-17-16-32(56-10)24(6)41(59-26(8)49)23(5)31(51)19-30(50)21(3)12-11-13-22(4)44(55)48-38(37)40(34)53/h11-18,20-21,23-24,30-32,41,47,50-51,53H,19H2,1-10H3,(H,48,55)/b12-11+,17-16+,22-13-/t21-,23+,24+,30+,31+,32-,41-,45-/m0/s1. The predicted octanol–water partition coefficient (Wildman–Crippen LogP) is 6.27. The van der Waals surface area contributed by atoms with Crippen LogP contribution in [0.3, 0.4) is 0 Å². The number of methoxy groups -OCH3 is 1. The molecule has 5 N–H and O–H groups in total. The van der Waals surface area contributed by atoms with Gasteiger partial charge < -0.3 is 49.3 Å². The van der Waals surface area contributed by atoms with Crippen LogP contribution >= 0.6 is 0 Å². The number of hydrogen-bond acceptors (Lipinski definition) is 13. The molecule has 60 heavy (non-hydrogen) atoms. The molecule has 4 bridgehead atoms. The molecule has 6 rings (SSSR count). The number of esters is 1. The summed E-state index contributed by atoms with van der Waals surface area (Å²) in [7, 11) is 1.44. The highest BCUT2D eigenvalue weighted by atomic mass is 16.7. The van der Waals surface area contributed by atoms with Gasteiger partial charge in [-0.25, -0.2) is 4.98 Å². The van der Waals surface area contributed by atoms with Crippen LogP contribution in [-0.4, -0.2) is 86.4 Å². The number of aromatic hydroxyl groups is 1. The summed E-state index contributed by atoms with van der Waals surface area (Å²) in [5.41, 5.74) is 0.435. The second kappa shape index (κ2) is 17.1. The molecule has 3 aromatic carbocycles. The van der Waals surface area contributed by atoms with Gasteiger partial charge in [-0.3, -0.25) is 19.2 Å². The Bertz CT molecular complexity index is 2520. The number of carbonyl (C=O) groups is 3. The van der Waals surface area contributed by atoms with E-state index < -0.39 is 76.8 Å².